The van der Waals surface area contributed by atoms with E-state index in [-0.39, 0.29) is 41.1 Å². The van der Waals surface area contributed by atoms with Crippen molar-refractivity contribution in [3.05, 3.63) is 41.5 Å². The summed E-state index contributed by atoms with van der Waals surface area (Å²) in [6.07, 6.45) is 2.64. The second kappa shape index (κ2) is 8.66. The number of hydrogen-bond acceptors (Lipinski definition) is 4. The lowest BCUT2D eigenvalue weighted by Crippen LogP contribution is -2.45. The lowest BCUT2D eigenvalue weighted by atomic mass is 9.98. The topological polar surface area (TPSA) is 113 Å². The minimum Gasteiger partial charge on any atom is -0.367 e. The number of Topliss-reactive ketones (excluding diaryl/α,β-unsaturated/α-hetero) is 1. The van der Waals surface area contributed by atoms with Gasteiger partial charge in [-0.15, -0.1) is 0 Å². The Morgan fingerprint density at radius 3 is 2.53 bits per heavy atom. The van der Waals surface area contributed by atoms with Crippen LogP contribution in [0.4, 0.5) is 0 Å². The highest BCUT2D eigenvalue weighted by molar-refractivity contribution is 6.39. The van der Waals surface area contributed by atoms with Gasteiger partial charge in [0.15, 0.2) is 11.8 Å². The van der Waals surface area contributed by atoms with Gasteiger partial charge in [0.2, 0.25) is 5.91 Å². The molecule has 6 nitrogen and oxygen atoms in total. The van der Waals surface area contributed by atoms with Crippen LogP contribution in [0.5, 0.6) is 0 Å². The number of primary amides is 1. The molecule has 5 unspecified atom stereocenters. The molecule has 0 heterocycles. The molecule has 4 N–H and O–H groups in total. The summed E-state index contributed by atoms with van der Waals surface area (Å²) < 4.78 is 0. The molecule has 2 aliphatic carbocycles. The van der Waals surface area contributed by atoms with Crippen molar-refractivity contribution in [3.63, 3.8) is 0 Å². The summed E-state index contributed by atoms with van der Waals surface area (Å²) >= 11 is 0. The van der Waals surface area contributed by atoms with Crippen molar-refractivity contribution in [1.82, 2.24) is 5.32 Å². The molecule has 0 bridgehead atoms. The second-order valence-electron chi connectivity index (χ2n) is 8.13. The molecule has 2 amide bonds. The molecule has 30 heavy (non-hydrogen) atoms. The SMILES string of the molecule is CC=C(C#CC(NC(=O)C(C)C1C2CC(=N)C(=O)CC21)C(N)=O)c1ccccc1C. The van der Waals surface area contributed by atoms with Crippen molar-refractivity contribution in [2.45, 2.75) is 39.7 Å². The van der Waals surface area contributed by atoms with E-state index in [9.17, 15) is 14.4 Å². The van der Waals surface area contributed by atoms with E-state index in [2.05, 4.69) is 17.2 Å². The Morgan fingerprint density at radius 2 is 1.93 bits per heavy atom. The van der Waals surface area contributed by atoms with E-state index < -0.39 is 11.9 Å². The van der Waals surface area contributed by atoms with Gasteiger partial charge < -0.3 is 16.5 Å². The van der Waals surface area contributed by atoms with Gasteiger partial charge in [0, 0.05) is 17.9 Å². The summed E-state index contributed by atoms with van der Waals surface area (Å²) in [5.74, 6) is 4.68. The second-order valence-corrected chi connectivity index (χ2v) is 8.13. The van der Waals surface area contributed by atoms with Gasteiger partial charge in [-0.3, -0.25) is 14.4 Å². The Balaban J connectivity index is 1.69. The summed E-state index contributed by atoms with van der Waals surface area (Å²) in [6.45, 7) is 5.64. The van der Waals surface area contributed by atoms with Gasteiger partial charge >= 0.3 is 0 Å². The van der Waals surface area contributed by atoms with Crippen LogP contribution in [0.15, 0.2) is 30.3 Å². The third kappa shape index (κ3) is 4.35. The fourth-order valence-electron chi connectivity index (χ4n) is 4.42. The van der Waals surface area contributed by atoms with Crippen molar-refractivity contribution in [1.29, 1.82) is 5.41 Å². The molecule has 2 aliphatic rings. The molecule has 0 aromatic heterocycles. The summed E-state index contributed by atoms with van der Waals surface area (Å²) in [5, 5.41) is 10.4. The first-order valence-corrected chi connectivity index (χ1v) is 10.2. The maximum atomic E-state index is 12.7. The minimum atomic E-state index is -1.10. The van der Waals surface area contributed by atoms with Gasteiger partial charge in [-0.2, -0.15) is 0 Å². The van der Waals surface area contributed by atoms with Crippen LogP contribution in [0.25, 0.3) is 5.57 Å². The van der Waals surface area contributed by atoms with Crippen LogP contribution >= 0.6 is 0 Å². The zero-order valence-corrected chi connectivity index (χ0v) is 17.5. The number of ketones is 1. The lowest BCUT2D eigenvalue weighted by Gasteiger charge is -2.15. The summed E-state index contributed by atoms with van der Waals surface area (Å²) in [4.78, 5) is 36.4. The van der Waals surface area contributed by atoms with E-state index in [1.165, 1.54) is 0 Å². The normalized spacial score (nSPS) is 24.8. The smallest absolute Gasteiger partial charge is 0.252 e. The first-order valence-electron chi connectivity index (χ1n) is 10.2. The molecular weight excluding hydrogens is 378 g/mol. The molecule has 0 aliphatic heterocycles. The molecule has 2 saturated carbocycles. The number of hydrogen-bond donors (Lipinski definition) is 3. The van der Waals surface area contributed by atoms with E-state index >= 15 is 0 Å². The van der Waals surface area contributed by atoms with Gasteiger partial charge in [0.25, 0.3) is 5.91 Å². The first-order chi connectivity index (χ1) is 14.2. The van der Waals surface area contributed by atoms with Crippen molar-refractivity contribution >= 4 is 28.9 Å². The van der Waals surface area contributed by atoms with E-state index in [0.29, 0.717) is 12.8 Å². The number of rotatable bonds is 5. The van der Waals surface area contributed by atoms with Crippen molar-refractivity contribution in [3.8, 4) is 11.8 Å². The number of fused-ring (bicyclic) bond motifs is 1. The third-order valence-electron chi connectivity index (χ3n) is 6.23. The number of allylic oxidation sites excluding steroid dienone is 2. The van der Waals surface area contributed by atoms with Crippen LogP contribution in [0.3, 0.4) is 0 Å². The number of amides is 2. The van der Waals surface area contributed by atoms with Gasteiger partial charge in [-0.1, -0.05) is 49.1 Å². The monoisotopic (exact) mass is 405 g/mol. The fraction of sp³-hybridized carbons (Fsp3) is 0.417. The van der Waals surface area contributed by atoms with E-state index in [0.717, 1.165) is 16.7 Å². The number of benzene rings is 1. The average Bonchev–Trinajstić information content (AvgIpc) is 3.39. The zero-order valence-electron chi connectivity index (χ0n) is 17.5. The van der Waals surface area contributed by atoms with Gasteiger partial charge in [0.05, 0.1) is 5.71 Å². The zero-order chi connectivity index (χ0) is 22.0. The van der Waals surface area contributed by atoms with Crippen molar-refractivity contribution < 1.29 is 14.4 Å². The summed E-state index contributed by atoms with van der Waals surface area (Å²) in [6, 6.07) is 6.70. The van der Waals surface area contributed by atoms with E-state index in [1.807, 2.05) is 44.2 Å². The summed E-state index contributed by atoms with van der Waals surface area (Å²) in [7, 11) is 0. The van der Waals surface area contributed by atoms with Crippen LogP contribution in [-0.2, 0) is 14.4 Å². The summed E-state index contributed by atoms with van der Waals surface area (Å²) in [5.41, 5.74) is 8.41. The van der Waals surface area contributed by atoms with Crippen molar-refractivity contribution in [2.75, 3.05) is 0 Å². The molecule has 1 aromatic carbocycles. The number of nitrogens with one attached hydrogen (secondary N) is 2. The number of nitrogens with two attached hydrogens (primary N) is 1. The predicted octanol–water partition coefficient (Wildman–Crippen LogP) is 2.25. The maximum Gasteiger partial charge on any atom is 0.252 e. The molecule has 0 radical (unpaired) electrons. The number of carbonyl (C=O) groups excluding carboxylic acids is 3. The standard InChI is InChI=1S/C24H27N3O3/c1-4-15(16-8-6-5-7-13(16)2)9-10-20(23(26)29)27-24(30)14(3)22-17-11-19(25)21(28)12-18(17)22/h4-8,14,17-18,20,22,25H,11-12H2,1-3H3,(H2,26,29)(H,27,30). The average molecular weight is 405 g/mol. The molecule has 0 spiro atoms. The molecule has 0 saturated heterocycles. The van der Waals surface area contributed by atoms with Gasteiger partial charge in [0.1, 0.15) is 0 Å². The molecule has 1 aromatic rings. The fourth-order valence-corrected chi connectivity index (χ4v) is 4.42. The highest BCUT2D eigenvalue weighted by Crippen LogP contribution is 2.57. The molecule has 2 fully saturated rings. The Kier molecular flexibility index (Phi) is 6.21. The first kappa shape index (κ1) is 21.5. The quantitative estimate of drug-likeness (QED) is 0.653. The maximum absolute atomic E-state index is 12.7. The Bertz CT molecular complexity index is 976. The Labute approximate surface area is 176 Å². The van der Waals surface area contributed by atoms with Crippen LogP contribution in [-0.4, -0.2) is 29.4 Å². The predicted molar refractivity (Wildman–Crippen MR) is 115 cm³/mol. The number of carbonyl (C=O) groups is 3. The van der Waals surface area contributed by atoms with Gasteiger partial charge in [-0.05, 0) is 49.1 Å². The highest BCUT2D eigenvalue weighted by Gasteiger charge is 2.57. The Hall–Kier alpha value is -3.20. The highest BCUT2D eigenvalue weighted by atomic mass is 16.2. The lowest BCUT2D eigenvalue weighted by molar-refractivity contribution is -0.129. The van der Waals surface area contributed by atoms with Crippen LogP contribution in [0, 0.1) is 47.8 Å². The molecule has 6 heteroatoms. The molecular formula is C24H27N3O3. The van der Waals surface area contributed by atoms with Crippen LogP contribution in [0.2, 0.25) is 0 Å². The molecule has 5 atom stereocenters. The van der Waals surface area contributed by atoms with Gasteiger partial charge in [-0.25, -0.2) is 0 Å². The van der Waals surface area contributed by atoms with E-state index in [4.69, 9.17) is 11.1 Å². The minimum absolute atomic E-state index is 0.0522. The number of aryl methyl sites for hydroxylation is 1. The largest absolute Gasteiger partial charge is 0.367 e. The van der Waals surface area contributed by atoms with Crippen molar-refractivity contribution in [2.24, 2.45) is 29.4 Å². The third-order valence-corrected chi connectivity index (χ3v) is 6.23. The molecule has 156 valence electrons. The van der Waals surface area contributed by atoms with Crippen LogP contribution < -0.4 is 11.1 Å². The Morgan fingerprint density at radius 1 is 1.27 bits per heavy atom. The van der Waals surface area contributed by atoms with E-state index in [1.54, 1.807) is 6.92 Å². The molecule has 3 rings (SSSR count). The van der Waals surface area contributed by atoms with Crippen LogP contribution in [0.1, 0.15) is 37.8 Å².